The van der Waals surface area contributed by atoms with E-state index in [0.717, 1.165) is 12.8 Å². The molecule has 1 aliphatic heterocycles. The molecular weight excluding hydrogens is 286 g/mol. The van der Waals surface area contributed by atoms with Gasteiger partial charge in [-0.1, -0.05) is 0 Å². The van der Waals surface area contributed by atoms with Gasteiger partial charge in [0.05, 0.1) is 12.0 Å². The van der Waals surface area contributed by atoms with Crippen LogP contribution >= 0.6 is 0 Å². The molecule has 1 unspecified atom stereocenters. The third-order valence-electron chi connectivity index (χ3n) is 4.55. The zero-order valence-electron chi connectivity index (χ0n) is 12.6. The highest BCUT2D eigenvalue weighted by Gasteiger charge is 2.35. The summed E-state index contributed by atoms with van der Waals surface area (Å²) in [5, 5.41) is 8.96. The van der Waals surface area contributed by atoms with E-state index in [1.165, 1.54) is 0 Å². The second-order valence-electron chi connectivity index (χ2n) is 6.02. The van der Waals surface area contributed by atoms with Crippen molar-refractivity contribution in [3.05, 3.63) is 22.6 Å². The summed E-state index contributed by atoms with van der Waals surface area (Å²) in [6.45, 7) is 2.27. The van der Waals surface area contributed by atoms with E-state index < -0.39 is 5.97 Å². The molecule has 1 aliphatic carbocycles. The van der Waals surface area contributed by atoms with E-state index in [-0.39, 0.29) is 29.9 Å². The summed E-state index contributed by atoms with van der Waals surface area (Å²) < 4.78 is 5.68. The normalized spacial score (nSPS) is 21.0. The minimum Gasteiger partial charge on any atom is -0.481 e. The Kier molecular flexibility index (Phi) is 3.76. The molecule has 2 heterocycles. The van der Waals surface area contributed by atoms with Crippen LogP contribution < -0.4 is 0 Å². The van der Waals surface area contributed by atoms with Gasteiger partial charge in [0.1, 0.15) is 5.76 Å². The van der Waals surface area contributed by atoms with Gasteiger partial charge >= 0.3 is 5.97 Å². The van der Waals surface area contributed by atoms with Gasteiger partial charge in [-0.3, -0.25) is 14.4 Å². The fourth-order valence-electron chi connectivity index (χ4n) is 3.50. The van der Waals surface area contributed by atoms with Gasteiger partial charge < -0.3 is 14.4 Å². The van der Waals surface area contributed by atoms with Gasteiger partial charge in [0.15, 0.2) is 11.5 Å². The Labute approximate surface area is 128 Å². The number of carboxylic acids is 1. The highest BCUT2D eigenvalue weighted by Crippen LogP contribution is 2.31. The molecule has 0 aromatic carbocycles. The van der Waals surface area contributed by atoms with Crippen molar-refractivity contribution in [1.29, 1.82) is 0 Å². The van der Waals surface area contributed by atoms with E-state index in [9.17, 15) is 14.4 Å². The van der Waals surface area contributed by atoms with Gasteiger partial charge in [-0.2, -0.15) is 0 Å². The van der Waals surface area contributed by atoms with Crippen molar-refractivity contribution in [3.63, 3.8) is 0 Å². The molecule has 6 heteroatoms. The van der Waals surface area contributed by atoms with Crippen LogP contribution in [0.4, 0.5) is 0 Å². The van der Waals surface area contributed by atoms with E-state index >= 15 is 0 Å². The summed E-state index contributed by atoms with van der Waals surface area (Å²) in [7, 11) is 0. The molecule has 0 bridgehead atoms. The number of likely N-dealkylation sites (tertiary alicyclic amines) is 1. The first-order valence-electron chi connectivity index (χ1n) is 7.67. The molecule has 1 amide bonds. The molecular formula is C16H19NO5. The van der Waals surface area contributed by atoms with Crippen LogP contribution in [0, 0.1) is 6.92 Å². The minimum atomic E-state index is -0.907. The summed E-state index contributed by atoms with van der Waals surface area (Å²) in [5.74, 6) is -0.354. The van der Waals surface area contributed by atoms with E-state index in [0.29, 0.717) is 42.7 Å². The van der Waals surface area contributed by atoms with Crippen LogP contribution in [0.25, 0.3) is 0 Å². The first-order chi connectivity index (χ1) is 10.5. The minimum absolute atomic E-state index is 0.0325. The zero-order valence-corrected chi connectivity index (χ0v) is 12.6. The number of aliphatic carboxylic acids is 1. The maximum atomic E-state index is 12.7. The van der Waals surface area contributed by atoms with Crippen LogP contribution in [0.5, 0.6) is 0 Å². The van der Waals surface area contributed by atoms with Crippen molar-refractivity contribution >= 4 is 17.7 Å². The van der Waals surface area contributed by atoms with Crippen molar-refractivity contribution in [2.45, 2.75) is 51.5 Å². The Morgan fingerprint density at radius 3 is 2.77 bits per heavy atom. The summed E-state index contributed by atoms with van der Waals surface area (Å²) in [6.07, 6.45) is 3.35. The zero-order chi connectivity index (χ0) is 15.9. The van der Waals surface area contributed by atoms with Gasteiger partial charge in [0, 0.05) is 31.0 Å². The average molecular weight is 305 g/mol. The molecule has 1 fully saturated rings. The van der Waals surface area contributed by atoms with Crippen molar-refractivity contribution in [2.24, 2.45) is 0 Å². The van der Waals surface area contributed by atoms with E-state index in [1.54, 1.807) is 11.8 Å². The second-order valence-corrected chi connectivity index (χ2v) is 6.02. The third-order valence-corrected chi connectivity index (χ3v) is 4.55. The quantitative estimate of drug-likeness (QED) is 0.924. The number of Topliss-reactive ketones (excluding diaryl/α,β-unsaturated/α-hetero) is 1. The lowest BCUT2D eigenvalue weighted by molar-refractivity contribution is -0.137. The fourth-order valence-corrected chi connectivity index (χ4v) is 3.50. The van der Waals surface area contributed by atoms with Crippen LogP contribution in [0.3, 0.4) is 0 Å². The van der Waals surface area contributed by atoms with E-state index in [4.69, 9.17) is 9.52 Å². The predicted octanol–water partition coefficient (Wildman–Crippen LogP) is 2.19. The largest absolute Gasteiger partial charge is 0.481 e. The molecule has 6 nitrogen and oxygen atoms in total. The van der Waals surface area contributed by atoms with Crippen molar-refractivity contribution in [1.82, 2.24) is 4.90 Å². The van der Waals surface area contributed by atoms with Gasteiger partial charge in [-0.15, -0.1) is 0 Å². The third kappa shape index (κ3) is 2.42. The maximum absolute atomic E-state index is 12.7. The standard InChI is InChI=1S/C16H19NO5/c1-9-14-11(18)5-2-6-12(14)22-15(9)16(21)17-7-3-4-10(17)8-13(19)20/h10H,2-8H2,1H3,(H,19,20). The van der Waals surface area contributed by atoms with Crippen molar-refractivity contribution in [3.8, 4) is 0 Å². The number of carbonyl (C=O) groups excluding carboxylic acids is 2. The number of carboxylic acid groups (broad SMARTS) is 1. The van der Waals surface area contributed by atoms with Crippen LogP contribution in [0.15, 0.2) is 4.42 Å². The van der Waals surface area contributed by atoms with Gasteiger partial charge in [0.2, 0.25) is 0 Å². The highest BCUT2D eigenvalue weighted by molar-refractivity contribution is 6.03. The Balaban J connectivity index is 1.89. The van der Waals surface area contributed by atoms with Crippen LogP contribution in [0.1, 0.15) is 64.3 Å². The van der Waals surface area contributed by atoms with Gasteiger partial charge in [-0.05, 0) is 26.2 Å². The summed E-state index contributed by atoms with van der Waals surface area (Å²) >= 11 is 0. The van der Waals surface area contributed by atoms with E-state index in [1.807, 2.05) is 0 Å². The molecule has 1 saturated heterocycles. The molecule has 1 aromatic rings. The SMILES string of the molecule is Cc1c(C(=O)N2CCCC2CC(=O)O)oc2c1C(=O)CCC2. The maximum Gasteiger partial charge on any atom is 0.305 e. The summed E-state index contributed by atoms with van der Waals surface area (Å²) in [5.41, 5.74) is 1.16. The number of hydrogen-bond donors (Lipinski definition) is 1. The number of carbonyl (C=O) groups is 3. The molecule has 3 rings (SSSR count). The van der Waals surface area contributed by atoms with Crippen molar-refractivity contribution < 1.29 is 23.9 Å². The topological polar surface area (TPSA) is 87.8 Å². The summed E-state index contributed by atoms with van der Waals surface area (Å²) in [4.78, 5) is 37.2. The first-order valence-corrected chi connectivity index (χ1v) is 7.67. The monoisotopic (exact) mass is 305 g/mol. The molecule has 22 heavy (non-hydrogen) atoms. The van der Waals surface area contributed by atoms with Crippen molar-refractivity contribution in [2.75, 3.05) is 6.54 Å². The van der Waals surface area contributed by atoms with E-state index in [2.05, 4.69) is 0 Å². The fraction of sp³-hybridized carbons (Fsp3) is 0.562. The van der Waals surface area contributed by atoms with Gasteiger partial charge in [0.25, 0.3) is 5.91 Å². The number of nitrogens with zero attached hydrogens (tertiary/aromatic N) is 1. The average Bonchev–Trinajstić information content (AvgIpc) is 3.03. The smallest absolute Gasteiger partial charge is 0.305 e. The summed E-state index contributed by atoms with van der Waals surface area (Å²) in [6, 6.07) is -0.290. The highest BCUT2D eigenvalue weighted by atomic mass is 16.4. The second kappa shape index (κ2) is 5.59. The number of amides is 1. The van der Waals surface area contributed by atoms with Gasteiger partial charge in [-0.25, -0.2) is 0 Å². The number of fused-ring (bicyclic) bond motifs is 1. The number of furan rings is 1. The number of rotatable bonds is 3. The Morgan fingerprint density at radius 1 is 1.32 bits per heavy atom. The molecule has 1 aromatic heterocycles. The number of ketones is 1. The molecule has 118 valence electrons. The molecule has 1 N–H and O–H groups in total. The molecule has 2 aliphatic rings. The molecule has 0 spiro atoms. The molecule has 0 radical (unpaired) electrons. The first kappa shape index (κ1) is 14.8. The number of hydrogen-bond acceptors (Lipinski definition) is 4. The van der Waals surface area contributed by atoms with Crippen LogP contribution in [-0.4, -0.2) is 40.3 Å². The van der Waals surface area contributed by atoms with Crippen LogP contribution in [-0.2, 0) is 11.2 Å². The molecule has 1 atom stereocenters. The Morgan fingerprint density at radius 2 is 2.09 bits per heavy atom. The van der Waals surface area contributed by atoms with Crippen LogP contribution in [0.2, 0.25) is 0 Å². The molecule has 0 saturated carbocycles. The number of aryl methyl sites for hydroxylation is 1. The predicted molar refractivity (Wildman–Crippen MR) is 77.0 cm³/mol. The lowest BCUT2D eigenvalue weighted by Crippen LogP contribution is -2.37. The lowest BCUT2D eigenvalue weighted by Gasteiger charge is -2.22. The Bertz CT molecular complexity index is 645. The Hall–Kier alpha value is -2.11. The lowest BCUT2D eigenvalue weighted by atomic mass is 9.94.